The van der Waals surface area contributed by atoms with Gasteiger partial charge in [-0.1, -0.05) is 12.2 Å². The molecule has 3 heterocycles. The third-order valence-electron chi connectivity index (χ3n) is 10.0. The zero-order valence-corrected chi connectivity index (χ0v) is 28.6. The normalized spacial score (nSPS) is 23.9. The van der Waals surface area contributed by atoms with Crippen LogP contribution in [0.2, 0.25) is 0 Å². The van der Waals surface area contributed by atoms with Crippen LogP contribution in [-0.2, 0) is 19.1 Å². The number of benzene rings is 2. The number of amides is 3. The summed E-state index contributed by atoms with van der Waals surface area (Å²) in [5.41, 5.74) is 1.29. The highest BCUT2D eigenvalue weighted by Crippen LogP contribution is 2.59. The summed E-state index contributed by atoms with van der Waals surface area (Å²) < 4.78 is 12.3. The molecule has 1 spiro atoms. The largest absolute Gasteiger partial charge is 0.494 e. The van der Waals surface area contributed by atoms with E-state index in [2.05, 4.69) is 31.9 Å². The van der Waals surface area contributed by atoms with E-state index in [0.29, 0.717) is 49.4 Å². The maximum atomic E-state index is 14.8. The van der Waals surface area contributed by atoms with Crippen molar-refractivity contribution in [2.45, 2.75) is 64.2 Å². The lowest BCUT2D eigenvalue weighted by atomic mass is 9.70. The number of anilines is 3. The van der Waals surface area contributed by atoms with Crippen molar-refractivity contribution in [2.75, 3.05) is 60.6 Å². The van der Waals surface area contributed by atoms with Crippen LogP contribution in [0.5, 0.6) is 5.75 Å². The van der Waals surface area contributed by atoms with Crippen LogP contribution in [0.4, 0.5) is 17.1 Å². The van der Waals surface area contributed by atoms with Crippen molar-refractivity contribution in [3.05, 3.63) is 73.8 Å². The van der Waals surface area contributed by atoms with Crippen LogP contribution < -0.4 is 19.4 Å². The second kappa shape index (κ2) is 15.4. The molecule has 2 aromatic rings. The van der Waals surface area contributed by atoms with Gasteiger partial charge in [0.1, 0.15) is 17.4 Å². The van der Waals surface area contributed by atoms with Gasteiger partial charge in [-0.15, -0.1) is 13.2 Å². The summed E-state index contributed by atoms with van der Waals surface area (Å²) in [6.07, 6.45) is 4.94. The first kappa shape index (κ1) is 35.2. The van der Waals surface area contributed by atoms with Gasteiger partial charge in [0, 0.05) is 56.4 Å². The lowest BCUT2D eigenvalue weighted by Gasteiger charge is -2.37. The Bertz CT molecular complexity index is 1460. The summed E-state index contributed by atoms with van der Waals surface area (Å²) in [5, 5.41) is 9.55. The fourth-order valence-electron chi connectivity index (χ4n) is 7.90. The quantitative estimate of drug-likeness (QED) is 0.192. The Kier molecular flexibility index (Phi) is 11.3. The molecule has 3 aliphatic rings. The molecule has 2 unspecified atom stereocenters. The number of carbonyl (C=O) groups is 3. The number of carbonyl (C=O) groups excluding carboxylic acids is 3. The molecule has 3 saturated heterocycles. The van der Waals surface area contributed by atoms with Crippen LogP contribution in [0.25, 0.3) is 0 Å². The van der Waals surface area contributed by atoms with E-state index in [9.17, 15) is 19.5 Å². The monoisotopic (exact) mass is 658 g/mol. The Balaban J connectivity index is 1.50. The first-order valence-corrected chi connectivity index (χ1v) is 17.3. The topological polar surface area (TPSA) is 103 Å². The second-order valence-corrected chi connectivity index (χ2v) is 12.6. The molecule has 10 nitrogen and oxygen atoms in total. The molecule has 1 N–H and O–H groups in total. The highest BCUT2D eigenvalue weighted by molar-refractivity contribution is 6.06. The van der Waals surface area contributed by atoms with Crippen molar-refractivity contribution in [1.29, 1.82) is 0 Å². The Morgan fingerprint density at radius 1 is 0.938 bits per heavy atom. The van der Waals surface area contributed by atoms with Gasteiger partial charge >= 0.3 is 0 Å². The molecule has 5 rings (SSSR count). The Morgan fingerprint density at radius 2 is 1.52 bits per heavy atom. The molecule has 10 heteroatoms. The van der Waals surface area contributed by atoms with Gasteiger partial charge in [0.15, 0.2) is 0 Å². The summed E-state index contributed by atoms with van der Waals surface area (Å²) >= 11 is 0. The van der Waals surface area contributed by atoms with Crippen molar-refractivity contribution >= 4 is 34.8 Å². The Morgan fingerprint density at radius 3 is 2.08 bits per heavy atom. The minimum atomic E-state index is -1.14. The average Bonchev–Trinajstić information content (AvgIpc) is 3.74. The summed E-state index contributed by atoms with van der Waals surface area (Å²) in [6.45, 7) is 16.9. The summed E-state index contributed by atoms with van der Waals surface area (Å²) in [5.74, 6) is -1.58. The third-order valence-corrected chi connectivity index (χ3v) is 10.0. The van der Waals surface area contributed by atoms with E-state index in [-0.39, 0.29) is 44.0 Å². The number of rotatable bonds is 17. The van der Waals surface area contributed by atoms with Gasteiger partial charge in [0.2, 0.25) is 11.8 Å². The molecule has 48 heavy (non-hydrogen) atoms. The van der Waals surface area contributed by atoms with Crippen molar-refractivity contribution in [3.8, 4) is 5.75 Å². The molecule has 3 amide bonds. The molecule has 3 fully saturated rings. The van der Waals surface area contributed by atoms with E-state index in [1.807, 2.05) is 55.5 Å². The molecule has 5 atom stereocenters. The molecular weight excluding hydrogens is 608 g/mol. The number of hydrogen-bond acceptors (Lipinski definition) is 7. The third kappa shape index (κ3) is 6.35. The van der Waals surface area contributed by atoms with Crippen molar-refractivity contribution in [3.63, 3.8) is 0 Å². The number of ether oxygens (including phenoxy) is 2. The Labute approximate surface area is 284 Å². The van der Waals surface area contributed by atoms with Gasteiger partial charge < -0.3 is 34.2 Å². The van der Waals surface area contributed by atoms with Crippen molar-refractivity contribution in [1.82, 2.24) is 4.90 Å². The molecule has 0 saturated carbocycles. The lowest BCUT2D eigenvalue weighted by molar-refractivity contribution is -0.140. The van der Waals surface area contributed by atoms with E-state index < -0.39 is 29.6 Å². The maximum absolute atomic E-state index is 14.8. The summed E-state index contributed by atoms with van der Waals surface area (Å²) in [7, 11) is 0. The van der Waals surface area contributed by atoms with Crippen molar-refractivity contribution in [2.24, 2.45) is 11.8 Å². The number of unbranched alkanes of at least 4 members (excludes halogenated alkanes) is 1. The molecule has 0 aromatic heterocycles. The minimum absolute atomic E-state index is 0.0189. The van der Waals surface area contributed by atoms with E-state index in [4.69, 9.17) is 9.47 Å². The predicted octanol–water partition coefficient (Wildman–Crippen LogP) is 4.82. The molecule has 2 aromatic carbocycles. The van der Waals surface area contributed by atoms with Crippen LogP contribution in [-0.4, -0.2) is 91.4 Å². The number of aliphatic hydroxyl groups is 1. The highest BCUT2D eigenvalue weighted by atomic mass is 16.5. The van der Waals surface area contributed by atoms with Gasteiger partial charge in [0.05, 0.1) is 24.5 Å². The SMILES string of the molecule is C=CCN(C(=O)C1N(CCCCO)C(=O)[C@@H]2[C@@H](C(=O)N(CC=C)c3ccc(OCC)cc3)[C@H]3CCC12O3)c1ccc(N(CC)CC)cc1. The molecule has 258 valence electrons. The number of hydrogen-bond donors (Lipinski definition) is 1. The number of nitrogens with zero attached hydrogens (tertiary/aromatic N) is 4. The predicted molar refractivity (Wildman–Crippen MR) is 188 cm³/mol. The zero-order valence-electron chi connectivity index (χ0n) is 28.6. The summed E-state index contributed by atoms with van der Waals surface area (Å²) in [6, 6.07) is 14.3. The average molecular weight is 659 g/mol. The van der Waals surface area contributed by atoms with Crippen LogP contribution in [0.15, 0.2) is 73.8 Å². The highest BCUT2D eigenvalue weighted by Gasteiger charge is 2.75. The molecule has 0 aliphatic carbocycles. The number of likely N-dealkylation sites (tertiary alicyclic amines) is 1. The zero-order chi connectivity index (χ0) is 34.4. The molecular formula is C38H50N4O6. The maximum Gasteiger partial charge on any atom is 0.253 e. The number of aliphatic hydroxyl groups excluding tert-OH is 1. The first-order valence-electron chi connectivity index (χ1n) is 17.3. The molecule has 0 radical (unpaired) electrons. The van der Waals surface area contributed by atoms with Gasteiger partial charge in [-0.3, -0.25) is 14.4 Å². The van der Waals surface area contributed by atoms with Crippen LogP contribution in [0, 0.1) is 11.8 Å². The van der Waals surface area contributed by atoms with Gasteiger partial charge in [-0.05, 0) is 95.0 Å². The smallest absolute Gasteiger partial charge is 0.253 e. The van der Waals surface area contributed by atoms with E-state index >= 15 is 0 Å². The first-order chi connectivity index (χ1) is 23.3. The van der Waals surface area contributed by atoms with Gasteiger partial charge in [-0.2, -0.15) is 0 Å². The summed E-state index contributed by atoms with van der Waals surface area (Å²) in [4.78, 5) is 51.0. The van der Waals surface area contributed by atoms with Crippen LogP contribution in [0.3, 0.4) is 0 Å². The molecule has 2 bridgehead atoms. The van der Waals surface area contributed by atoms with Crippen LogP contribution in [0.1, 0.15) is 46.5 Å². The lowest BCUT2D eigenvalue weighted by Crippen LogP contribution is -2.56. The standard InChI is InChI=1S/C38H50N4O6/c1-6-23-40(29-17-19-30(20-18-29)47-10-5)35(44)32-31-21-22-38(48-31)33(32)36(45)42(25-11-12-26-43)34(38)37(46)41(24-7-2)28-15-13-27(14-16-28)39(8-3)9-4/h6-7,13-20,31-34,43H,1-2,8-12,21-26H2,3-5H3/t31-,32+,33+,34?,38?/m1/s1. The fraction of sp³-hybridized carbons (Fsp3) is 0.500. The number of fused-ring (bicyclic) bond motifs is 1. The fourth-order valence-corrected chi connectivity index (χ4v) is 7.90. The minimum Gasteiger partial charge on any atom is -0.494 e. The van der Waals surface area contributed by atoms with Gasteiger partial charge in [-0.25, -0.2) is 0 Å². The van der Waals surface area contributed by atoms with E-state index in [1.54, 1.807) is 26.9 Å². The van der Waals surface area contributed by atoms with Crippen LogP contribution >= 0.6 is 0 Å². The Hall–Kier alpha value is -4.15. The van der Waals surface area contributed by atoms with E-state index in [1.165, 1.54) is 0 Å². The van der Waals surface area contributed by atoms with E-state index in [0.717, 1.165) is 18.8 Å². The van der Waals surface area contributed by atoms with Crippen molar-refractivity contribution < 1.29 is 29.0 Å². The second-order valence-electron chi connectivity index (χ2n) is 12.6. The molecule has 3 aliphatic heterocycles. The van der Waals surface area contributed by atoms with Gasteiger partial charge in [0.25, 0.3) is 5.91 Å².